The lowest BCUT2D eigenvalue weighted by molar-refractivity contribution is -0.143. The molecule has 4 unspecified atom stereocenters. The Morgan fingerprint density at radius 3 is 2.52 bits per heavy atom. The summed E-state index contributed by atoms with van der Waals surface area (Å²) >= 11 is 0. The van der Waals surface area contributed by atoms with Gasteiger partial charge in [0.25, 0.3) is 0 Å². The van der Waals surface area contributed by atoms with Crippen LogP contribution in [0.5, 0.6) is 0 Å². The molecule has 1 saturated carbocycles. The number of rotatable bonds is 3. The average molecular weight is 379 g/mol. The molecule has 4 rings (SSSR count). The summed E-state index contributed by atoms with van der Waals surface area (Å²) in [6.07, 6.45) is 8.91. The third-order valence-corrected chi connectivity index (χ3v) is 8.11. The summed E-state index contributed by atoms with van der Waals surface area (Å²) in [5.41, 5.74) is 7.26. The number of likely N-dealkylation sites (tertiary alicyclic amines) is 2. The maximum atomic E-state index is 7.19. The van der Waals surface area contributed by atoms with Crippen LogP contribution < -0.4 is 5.73 Å². The zero-order chi connectivity index (χ0) is 19.1. The third kappa shape index (κ3) is 3.95. The average Bonchev–Trinajstić information content (AvgIpc) is 2.69. The Morgan fingerprint density at radius 1 is 1.04 bits per heavy atom. The van der Waals surface area contributed by atoms with Gasteiger partial charge in [-0.25, -0.2) is 0 Å². The lowest BCUT2D eigenvalue weighted by Crippen LogP contribution is -2.72. The number of piperidine rings is 2. The maximum Gasteiger partial charge on any atom is 0.0833 e. The highest BCUT2D eigenvalue weighted by atomic mass is 16.5. The molecule has 2 bridgehead atoms. The standard InChI is InChI=1S/C22H42N4O/c1-4-6-18-7-5-8-22(23)17-25(3)15-19(18)20(22)26-11-9-21(10-12-26)16-24(2)13-14-27-21/h18-20H,4-17,23H2,1-3H3. The van der Waals surface area contributed by atoms with Gasteiger partial charge in [-0.2, -0.15) is 0 Å². The van der Waals surface area contributed by atoms with Gasteiger partial charge in [-0.15, -0.1) is 0 Å². The minimum Gasteiger partial charge on any atom is -0.372 e. The number of ether oxygens (including phenoxy) is 1. The van der Waals surface area contributed by atoms with E-state index in [4.69, 9.17) is 10.5 Å². The largest absolute Gasteiger partial charge is 0.372 e. The van der Waals surface area contributed by atoms with E-state index in [2.05, 4.69) is 35.7 Å². The van der Waals surface area contributed by atoms with Gasteiger partial charge in [0.05, 0.1) is 12.2 Å². The Labute approximate surface area is 166 Å². The fourth-order valence-electron chi connectivity index (χ4n) is 7.00. The smallest absolute Gasteiger partial charge is 0.0833 e. The Kier molecular flexibility index (Phi) is 5.88. The van der Waals surface area contributed by atoms with E-state index in [1.165, 1.54) is 51.5 Å². The minimum absolute atomic E-state index is 0.0329. The van der Waals surface area contributed by atoms with Crippen LogP contribution >= 0.6 is 0 Å². The van der Waals surface area contributed by atoms with E-state index >= 15 is 0 Å². The first kappa shape index (κ1) is 20.1. The molecular weight excluding hydrogens is 336 g/mol. The van der Waals surface area contributed by atoms with Crippen molar-refractivity contribution in [2.75, 3.05) is 60.0 Å². The number of likely N-dealkylation sites (N-methyl/N-ethyl adjacent to an activating group) is 2. The van der Waals surface area contributed by atoms with Gasteiger partial charge in [0.1, 0.15) is 0 Å². The Morgan fingerprint density at radius 2 is 1.81 bits per heavy atom. The molecular formula is C22H42N4O. The summed E-state index contributed by atoms with van der Waals surface area (Å²) in [4.78, 5) is 7.78. The molecule has 3 heterocycles. The van der Waals surface area contributed by atoms with Crippen LogP contribution in [0, 0.1) is 11.8 Å². The second-order valence-corrected chi connectivity index (χ2v) is 10.3. The monoisotopic (exact) mass is 378 g/mol. The first-order valence-corrected chi connectivity index (χ1v) is 11.5. The van der Waals surface area contributed by atoms with E-state index in [1.807, 2.05) is 0 Å². The normalized spacial score (nSPS) is 41.6. The molecule has 4 fully saturated rings. The Hall–Kier alpha value is -0.200. The summed E-state index contributed by atoms with van der Waals surface area (Å²) in [5.74, 6) is 1.58. The van der Waals surface area contributed by atoms with Gasteiger partial charge < -0.3 is 20.3 Å². The lowest BCUT2D eigenvalue weighted by Gasteiger charge is -2.56. The fourth-order valence-corrected chi connectivity index (χ4v) is 7.00. The van der Waals surface area contributed by atoms with Crippen molar-refractivity contribution in [3.05, 3.63) is 0 Å². The summed E-state index contributed by atoms with van der Waals surface area (Å²) in [6, 6.07) is 0.562. The Bertz CT molecular complexity index is 507. The van der Waals surface area contributed by atoms with Crippen LogP contribution in [-0.4, -0.2) is 91.9 Å². The van der Waals surface area contributed by atoms with E-state index in [9.17, 15) is 0 Å². The zero-order valence-corrected chi connectivity index (χ0v) is 18.0. The molecule has 1 spiro atoms. The van der Waals surface area contributed by atoms with Gasteiger partial charge in [0.15, 0.2) is 0 Å². The highest BCUT2D eigenvalue weighted by molar-refractivity contribution is 5.10. The Balaban J connectivity index is 1.52. The van der Waals surface area contributed by atoms with Crippen molar-refractivity contribution in [1.82, 2.24) is 14.7 Å². The first-order valence-electron chi connectivity index (χ1n) is 11.5. The van der Waals surface area contributed by atoms with Crippen LogP contribution in [0.4, 0.5) is 0 Å². The minimum atomic E-state index is -0.0329. The van der Waals surface area contributed by atoms with Gasteiger partial charge >= 0.3 is 0 Å². The SMILES string of the molecule is CCCC1CCCC2(N)CN(C)CC1C2N1CCC2(CC1)CN(C)CCO2. The second kappa shape index (κ2) is 7.91. The van der Waals surface area contributed by atoms with Gasteiger partial charge in [-0.3, -0.25) is 4.90 Å². The molecule has 27 heavy (non-hydrogen) atoms. The van der Waals surface area contributed by atoms with E-state index in [-0.39, 0.29) is 11.1 Å². The summed E-state index contributed by atoms with van der Waals surface area (Å²) in [6.45, 7) is 10.0. The van der Waals surface area contributed by atoms with E-state index in [1.54, 1.807) is 0 Å². The second-order valence-electron chi connectivity index (χ2n) is 10.3. The van der Waals surface area contributed by atoms with E-state index < -0.39 is 0 Å². The summed E-state index contributed by atoms with van der Waals surface area (Å²) in [5, 5.41) is 0. The highest BCUT2D eigenvalue weighted by Crippen LogP contribution is 2.44. The van der Waals surface area contributed by atoms with E-state index in [0.717, 1.165) is 51.2 Å². The van der Waals surface area contributed by atoms with Crippen molar-refractivity contribution in [2.24, 2.45) is 17.6 Å². The van der Waals surface area contributed by atoms with Crippen molar-refractivity contribution < 1.29 is 4.74 Å². The van der Waals surface area contributed by atoms with Crippen molar-refractivity contribution in [1.29, 1.82) is 0 Å². The predicted molar refractivity (Wildman–Crippen MR) is 111 cm³/mol. The number of hydrogen-bond donors (Lipinski definition) is 1. The van der Waals surface area contributed by atoms with Crippen LogP contribution in [0.25, 0.3) is 0 Å². The molecule has 0 aromatic rings. The topological polar surface area (TPSA) is 45.0 Å². The molecule has 4 aliphatic rings. The van der Waals surface area contributed by atoms with E-state index in [0.29, 0.717) is 6.04 Å². The molecule has 2 N–H and O–H groups in total. The molecule has 0 amide bonds. The molecule has 1 aliphatic carbocycles. The molecule has 0 radical (unpaired) electrons. The highest BCUT2D eigenvalue weighted by Gasteiger charge is 2.52. The summed E-state index contributed by atoms with van der Waals surface area (Å²) in [7, 11) is 4.53. The zero-order valence-electron chi connectivity index (χ0n) is 18.0. The van der Waals surface area contributed by atoms with Crippen molar-refractivity contribution in [3.8, 4) is 0 Å². The van der Waals surface area contributed by atoms with Crippen molar-refractivity contribution >= 4 is 0 Å². The fraction of sp³-hybridized carbons (Fsp3) is 1.00. The summed E-state index contributed by atoms with van der Waals surface area (Å²) < 4.78 is 6.33. The molecule has 5 nitrogen and oxygen atoms in total. The number of morpholine rings is 1. The molecule has 156 valence electrons. The molecule has 3 aliphatic heterocycles. The molecule has 5 heteroatoms. The van der Waals surface area contributed by atoms with Crippen LogP contribution in [-0.2, 0) is 4.74 Å². The third-order valence-electron chi connectivity index (χ3n) is 8.11. The molecule has 3 saturated heterocycles. The van der Waals surface area contributed by atoms with Gasteiger partial charge in [0, 0.05) is 50.8 Å². The lowest BCUT2D eigenvalue weighted by atomic mass is 9.71. The number of fused-ring (bicyclic) bond motifs is 2. The molecule has 4 atom stereocenters. The van der Waals surface area contributed by atoms with Crippen LogP contribution in [0.3, 0.4) is 0 Å². The number of nitrogens with zero attached hydrogens (tertiary/aromatic N) is 3. The molecule has 0 aromatic carbocycles. The maximum absolute atomic E-state index is 7.19. The van der Waals surface area contributed by atoms with Gasteiger partial charge in [-0.1, -0.05) is 32.6 Å². The van der Waals surface area contributed by atoms with Crippen molar-refractivity contribution in [3.63, 3.8) is 0 Å². The quantitative estimate of drug-likeness (QED) is 0.814. The predicted octanol–water partition coefficient (Wildman–Crippen LogP) is 2.01. The van der Waals surface area contributed by atoms with Crippen LogP contribution in [0.2, 0.25) is 0 Å². The number of nitrogens with two attached hydrogens (primary N) is 1. The molecule has 0 aromatic heterocycles. The van der Waals surface area contributed by atoms with Crippen LogP contribution in [0.1, 0.15) is 51.9 Å². The van der Waals surface area contributed by atoms with Gasteiger partial charge in [0.2, 0.25) is 0 Å². The number of hydrogen-bond acceptors (Lipinski definition) is 5. The van der Waals surface area contributed by atoms with Gasteiger partial charge in [-0.05, 0) is 45.2 Å². The first-order chi connectivity index (χ1) is 12.9. The van der Waals surface area contributed by atoms with Crippen LogP contribution in [0.15, 0.2) is 0 Å². The van der Waals surface area contributed by atoms with Crippen molar-refractivity contribution in [2.45, 2.75) is 69.1 Å².